The maximum atomic E-state index is 13.3. The molecule has 0 spiro atoms. The van der Waals surface area contributed by atoms with E-state index in [1.807, 2.05) is 0 Å². The highest BCUT2D eigenvalue weighted by Crippen LogP contribution is 2.30. The predicted octanol–water partition coefficient (Wildman–Crippen LogP) is 1.37. The van der Waals surface area contributed by atoms with E-state index in [0.29, 0.717) is 0 Å². The molecule has 0 aliphatic carbocycles. The lowest BCUT2D eigenvalue weighted by molar-refractivity contribution is -0.387. The van der Waals surface area contributed by atoms with Crippen molar-refractivity contribution >= 4 is 5.69 Å². The van der Waals surface area contributed by atoms with Gasteiger partial charge in [-0.2, -0.15) is 28.1 Å². The van der Waals surface area contributed by atoms with Gasteiger partial charge in [-0.1, -0.05) is 0 Å². The molecule has 1 radical (unpaired) electrons. The summed E-state index contributed by atoms with van der Waals surface area (Å²) < 4.78 is 39.0. The van der Waals surface area contributed by atoms with Crippen LogP contribution >= 0.6 is 0 Å². The van der Waals surface area contributed by atoms with Crippen molar-refractivity contribution in [2.24, 2.45) is 0 Å². The van der Waals surface area contributed by atoms with E-state index in [-0.39, 0.29) is 11.3 Å². The van der Waals surface area contributed by atoms with Crippen LogP contribution in [0.5, 0.6) is 0 Å². The summed E-state index contributed by atoms with van der Waals surface area (Å²) in [5.41, 5.74) is -2.25. The van der Waals surface area contributed by atoms with Crippen LogP contribution in [-0.2, 0) is 0 Å². The lowest BCUT2D eigenvalue weighted by Gasteiger charge is -2.04. The van der Waals surface area contributed by atoms with Crippen LogP contribution in [-0.4, -0.2) is 24.9 Å². The van der Waals surface area contributed by atoms with E-state index in [9.17, 15) is 23.3 Å². The van der Waals surface area contributed by atoms with Crippen LogP contribution in [0.25, 0.3) is 11.3 Å². The molecule has 7 nitrogen and oxygen atoms in total. The molecule has 2 aromatic heterocycles. The molecule has 0 aliphatic heterocycles. The first-order valence-corrected chi connectivity index (χ1v) is 4.69. The largest absolute Gasteiger partial charge is 0.350 e. The minimum Gasteiger partial charge on any atom is -0.258 e. The van der Waals surface area contributed by atoms with Crippen LogP contribution in [0, 0.1) is 41.3 Å². The molecule has 0 saturated heterocycles. The topological polar surface area (TPSA) is 94.7 Å². The van der Waals surface area contributed by atoms with E-state index in [2.05, 4.69) is 26.1 Å². The lowest BCUT2D eigenvalue weighted by atomic mass is 10.1. The summed E-state index contributed by atoms with van der Waals surface area (Å²) in [6.07, 6.45) is -0.575. The van der Waals surface area contributed by atoms with Gasteiger partial charge in [0.2, 0.25) is 0 Å². The zero-order chi connectivity index (χ0) is 14.2. The SMILES string of the molecule is Cc1nc(F)n[c]c1-c1nc(F)nc(F)c1[N+](=O)[O-]. The summed E-state index contributed by atoms with van der Waals surface area (Å²) in [5.74, 6) is -1.65. The highest BCUT2D eigenvalue weighted by Gasteiger charge is 2.28. The number of aryl methyl sites for hydroxylation is 1. The fourth-order valence-corrected chi connectivity index (χ4v) is 1.36. The second-order valence-electron chi connectivity index (χ2n) is 3.30. The van der Waals surface area contributed by atoms with Crippen LogP contribution in [0.4, 0.5) is 18.9 Å². The number of nitrogens with zero attached hydrogens (tertiary/aromatic N) is 5. The molecule has 97 valence electrons. The van der Waals surface area contributed by atoms with Crippen molar-refractivity contribution in [3.05, 3.63) is 40.1 Å². The Labute approximate surface area is 103 Å². The molecule has 19 heavy (non-hydrogen) atoms. The third-order valence-corrected chi connectivity index (χ3v) is 2.12. The minimum absolute atomic E-state index is 0.104. The number of hydrogen-bond acceptors (Lipinski definition) is 6. The maximum Gasteiger partial charge on any atom is 0.350 e. The summed E-state index contributed by atoms with van der Waals surface area (Å²) in [6, 6.07) is 0. The molecule has 0 amide bonds. The van der Waals surface area contributed by atoms with Gasteiger partial charge in [0.15, 0.2) is 5.69 Å². The fraction of sp³-hybridized carbons (Fsp3) is 0.111. The van der Waals surface area contributed by atoms with Crippen LogP contribution in [0.1, 0.15) is 5.69 Å². The summed E-state index contributed by atoms with van der Waals surface area (Å²) in [5, 5.41) is 10.7. The average Bonchev–Trinajstić information content (AvgIpc) is 2.26. The Hall–Kier alpha value is -2.65. The van der Waals surface area contributed by atoms with Crippen LogP contribution in [0.15, 0.2) is 0 Å². The molecule has 0 N–H and O–H groups in total. The van der Waals surface area contributed by atoms with Crippen molar-refractivity contribution in [3.63, 3.8) is 0 Å². The van der Waals surface area contributed by atoms with E-state index in [4.69, 9.17) is 0 Å². The zero-order valence-corrected chi connectivity index (χ0v) is 9.19. The van der Waals surface area contributed by atoms with Gasteiger partial charge in [0, 0.05) is 0 Å². The quantitative estimate of drug-likeness (QED) is 0.354. The van der Waals surface area contributed by atoms with Crippen molar-refractivity contribution in [2.75, 3.05) is 0 Å². The highest BCUT2D eigenvalue weighted by atomic mass is 19.1. The molecular weight excluding hydrogens is 267 g/mol. The Morgan fingerprint density at radius 3 is 2.42 bits per heavy atom. The van der Waals surface area contributed by atoms with Crippen molar-refractivity contribution < 1.29 is 18.1 Å². The first-order chi connectivity index (χ1) is 8.90. The molecule has 0 fully saturated rings. The summed E-state index contributed by atoms with van der Waals surface area (Å²) in [7, 11) is 0. The third-order valence-electron chi connectivity index (χ3n) is 2.12. The van der Waals surface area contributed by atoms with Gasteiger partial charge in [0.25, 0.3) is 5.95 Å². The summed E-state index contributed by atoms with van der Waals surface area (Å²) in [6.45, 7) is 1.26. The van der Waals surface area contributed by atoms with Gasteiger partial charge in [-0.15, -0.1) is 0 Å². The maximum absolute atomic E-state index is 13.3. The van der Waals surface area contributed by atoms with Gasteiger partial charge in [-0.25, -0.2) is 4.98 Å². The summed E-state index contributed by atoms with van der Waals surface area (Å²) in [4.78, 5) is 21.7. The van der Waals surface area contributed by atoms with Gasteiger partial charge >= 0.3 is 17.8 Å². The smallest absolute Gasteiger partial charge is 0.258 e. The van der Waals surface area contributed by atoms with Crippen LogP contribution in [0.2, 0.25) is 0 Å². The molecule has 10 heteroatoms. The number of halogens is 3. The molecule has 0 saturated carbocycles. The van der Waals surface area contributed by atoms with Crippen molar-refractivity contribution in [1.82, 2.24) is 19.9 Å². The Balaban J connectivity index is 2.77. The molecule has 0 atom stereocenters. The second-order valence-corrected chi connectivity index (χ2v) is 3.30. The second kappa shape index (κ2) is 4.55. The van der Waals surface area contributed by atoms with Gasteiger partial charge in [0.05, 0.1) is 16.2 Å². The standard InChI is InChI=1S/C9H3F3N5O2/c1-3-4(2-13-8(11)14-3)5-6(17(18)19)7(10)16-9(12)15-5/h1H3. The Morgan fingerprint density at radius 1 is 1.16 bits per heavy atom. The fourth-order valence-electron chi connectivity index (χ4n) is 1.36. The number of rotatable bonds is 2. The van der Waals surface area contributed by atoms with E-state index in [0.717, 1.165) is 0 Å². The number of nitro groups is 1. The lowest BCUT2D eigenvalue weighted by Crippen LogP contribution is -2.06. The third kappa shape index (κ3) is 2.32. The van der Waals surface area contributed by atoms with Crippen molar-refractivity contribution in [3.8, 4) is 11.3 Å². The molecule has 2 aromatic rings. The molecule has 0 unspecified atom stereocenters. The van der Waals surface area contributed by atoms with Crippen molar-refractivity contribution in [1.29, 1.82) is 0 Å². The Bertz CT molecular complexity index is 679. The van der Waals surface area contributed by atoms with Gasteiger partial charge in [-0.3, -0.25) is 10.1 Å². The van der Waals surface area contributed by atoms with Gasteiger partial charge in [0.1, 0.15) is 6.20 Å². The first-order valence-electron chi connectivity index (χ1n) is 4.69. The predicted molar refractivity (Wildman–Crippen MR) is 53.2 cm³/mol. The molecule has 2 heterocycles. The van der Waals surface area contributed by atoms with Crippen LogP contribution < -0.4 is 0 Å². The molecule has 2 rings (SSSR count). The monoisotopic (exact) mass is 270 g/mol. The minimum atomic E-state index is -1.65. The van der Waals surface area contributed by atoms with Gasteiger partial charge < -0.3 is 0 Å². The van der Waals surface area contributed by atoms with E-state index < -0.39 is 34.4 Å². The number of aromatic nitrogens is 4. The highest BCUT2D eigenvalue weighted by molar-refractivity contribution is 5.69. The molecule has 0 aliphatic rings. The molecule has 0 aromatic carbocycles. The molecule has 0 bridgehead atoms. The zero-order valence-electron chi connectivity index (χ0n) is 9.19. The average molecular weight is 270 g/mol. The van der Waals surface area contributed by atoms with Gasteiger partial charge in [-0.05, 0) is 6.92 Å². The normalized spacial score (nSPS) is 10.5. The Morgan fingerprint density at radius 2 is 1.84 bits per heavy atom. The molecular formula is C9H3F3N5O2. The Kier molecular flexibility index (Phi) is 3.07. The van der Waals surface area contributed by atoms with E-state index in [1.54, 1.807) is 0 Å². The van der Waals surface area contributed by atoms with Crippen LogP contribution in [0.3, 0.4) is 0 Å². The van der Waals surface area contributed by atoms with E-state index in [1.165, 1.54) is 6.92 Å². The first kappa shape index (κ1) is 12.8. The summed E-state index contributed by atoms with van der Waals surface area (Å²) >= 11 is 0. The van der Waals surface area contributed by atoms with E-state index >= 15 is 0 Å². The van der Waals surface area contributed by atoms with Crippen molar-refractivity contribution in [2.45, 2.75) is 6.92 Å². The number of hydrogen-bond donors (Lipinski definition) is 0.